The van der Waals surface area contributed by atoms with Gasteiger partial charge < -0.3 is 11.1 Å². The summed E-state index contributed by atoms with van der Waals surface area (Å²) < 4.78 is 0. The second-order valence-electron chi connectivity index (χ2n) is 5.22. The Kier molecular flexibility index (Phi) is 4.06. The summed E-state index contributed by atoms with van der Waals surface area (Å²) in [5, 5.41) is 3.73. The van der Waals surface area contributed by atoms with Gasteiger partial charge in [0.05, 0.1) is 0 Å². The van der Waals surface area contributed by atoms with Gasteiger partial charge in [-0.05, 0) is 56.7 Å². The quantitative estimate of drug-likeness (QED) is 0.584. The number of benzene rings is 1. The van der Waals surface area contributed by atoms with E-state index in [9.17, 15) is 0 Å². The molecule has 17 heavy (non-hydrogen) atoms. The molecular weight excluding hydrogens is 208 g/mol. The van der Waals surface area contributed by atoms with Gasteiger partial charge in [0.25, 0.3) is 0 Å². The van der Waals surface area contributed by atoms with Crippen molar-refractivity contribution in [2.45, 2.75) is 51.0 Å². The molecule has 0 saturated heterocycles. The van der Waals surface area contributed by atoms with Gasteiger partial charge in [-0.1, -0.05) is 25.1 Å². The average molecular weight is 232 g/mol. The molecule has 1 aliphatic carbocycles. The van der Waals surface area contributed by atoms with E-state index in [1.807, 2.05) is 12.1 Å². The molecule has 94 valence electrons. The molecule has 1 saturated carbocycles. The number of aryl methyl sites for hydroxylation is 1. The zero-order valence-electron chi connectivity index (χ0n) is 10.8. The molecule has 0 bridgehead atoms. The van der Waals surface area contributed by atoms with E-state index in [1.165, 1.54) is 37.7 Å². The molecule has 0 amide bonds. The fraction of sp³-hybridized carbons (Fsp3) is 0.600. The van der Waals surface area contributed by atoms with E-state index in [0.29, 0.717) is 5.54 Å². The van der Waals surface area contributed by atoms with Crippen LogP contribution in [0.5, 0.6) is 0 Å². The van der Waals surface area contributed by atoms with E-state index >= 15 is 0 Å². The molecule has 2 rings (SSSR count). The normalized spacial score (nSPS) is 17.7. The first-order valence-electron chi connectivity index (χ1n) is 6.84. The average Bonchev–Trinajstić information content (AvgIpc) is 2.29. The minimum absolute atomic E-state index is 0.474. The topological polar surface area (TPSA) is 38.0 Å². The van der Waals surface area contributed by atoms with Crippen LogP contribution < -0.4 is 11.1 Å². The van der Waals surface area contributed by atoms with E-state index in [2.05, 4.69) is 24.4 Å². The molecule has 1 fully saturated rings. The van der Waals surface area contributed by atoms with Crippen molar-refractivity contribution in [1.82, 2.24) is 5.32 Å². The molecule has 0 spiro atoms. The number of nitrogens with one attached hydrogen (secondary N) is 1. The maximum Gasteiger partial charge on any atom is 0.0346 e. The number of nitrogens with two attached hydrogens (primary N) is 1. The minimum atomic E-state index is 0.474. The smallest absolute Gasteiger partial charge is 0.0346 e. The summed E-state index contributed by atoms with van der Waals surface area (Å²) in [6, 6.07) is 8.19. The standard InChI is InChI=1S/C15H24N2/c1-2-15(10-6-11-15)17-12-5-8-13-7-3-4-9-14(13)16/h3-4,7,9,17H,2,5-6,8,10-12,16H2,1H3. The molecule has 3 N–H and O–H groups in total. The van der Waals surface area contributed by atoms with Gasteiger partial charge in [0.1, 0.15) is 0 Å². The predicted octanol–water partition coefficient (Wildman–Crippen LogP) is 3.12. The second kappa shape index (κ2) is 5.54. The Bertz CT molecular complexity index is 350. The zero-order chi connectivity index (χ0) is 12.1. The van der Waals surface area contributed by atoms with Crippen molar-refractivity contribution in [3.63, 3.8) is 0 Å². The van der Waals surface area contributed by atoms with Crippen molar-refractivity contribution in [2.75, 3.05) is 12.3 Å². The van der Waals surface area contributed by atoms with Crippen LogP contribution in [0, 0.1) is 0 Å². The van der Waals surface area contributed by atoms with Gasteiger partial charge in [-0.3, -0.25) is 0 Å². The van der Waals surface area contributed by atoms with Crippen molar-refractivity contribution in [3.8, 4) is 0 Å². The van der Waals surface area contributed by atoms with E-state index in [1.54, 1.807) is 0 Å². The maximum absolute atomic E-state index is 5.93. The highest BCUT2D eigenvalue weighted by molar-refractivity contribution is 5.46. The molecule has 0 unspecified atom stereocenters. The van der Waals surface area contributed by atoms with Gasteiger partial charge in [-0.25, -0.2) is 0 Å². The molecule has 1 aromatic rings. The molecule has 0 heterocycles. The fourth-order valence-corrected chi connectivity index (χ4v) is 2.65. The van der Waals surface area contributed by atoms with Gasteiger partial charge >= 0.3 is 0 Å². The first-order chi connectivity index (χ1) is 8.26. The van der Waals surface area contributed by atoms with Crippen LogP contribution in [-0.2, 0) is 6.42 Å². The van der Waals surface area contributed by atoms with E-state index in [-0.39, 0.29) is 0 Å². The summed E-state index contributed by atoms with van der Waals surface area (Å²) in [6.07, 6.45) is 7.64. The summed E-state index contributed by atoms with van der Waals surface area (Å²) in [4.78, 5) is 0. The van der Waals surface area contributed by atoms with Crippen molar-refractivity contribution in [3.05, 3.63) is 29.8 Å². The summed E-state index contributed by atoms with van der Waals surface area (Å²) >= 11 is 0. The van der Waals surface area contributed by atoms with E-state index in [4.69, 9.17) is 5.73 Å². The molecule has 2 heteroatoms. The van der Waals surface area contributed by atoms with E-state index in [0.717, 1.165) is 18.7 Å². The van der Waals surface area contributed by atoms with Crippen LogP contribution in [-0.4, -0.2) is 12.1 Å². The van der Waals surface area contributed by atoms with Crippen molar-refractivity contribution < 1.29 is 0 Å². The van der Waals surface area contributed by atoms with Gasteiger partial charge in [-0.2, -0.15) is 0 Å². The van der Waals surface area contributed by atoms with Gasteiger partial charge in [-0.15, -0.1) is 0 Å². The Labute approximate surface area is 105 Å². The molecule has 0 aliphatic heterocycles. The first-order valence-corrected chi connectivity index (χ1v) is 6.84. The lowest BCUT2D eigenvalue weighted by Gasteiger charge is -2.42. The van der Waals surface area contributed by atoms with Crippen LogP contribution >= 0.6 is 0 Å². The van der Waals surface area contributed by atoms with Gasteiger partial charge in [0.15, 0.2) is 0 Å². The van der Waals surface area contributed by atoms with Gasteiger partial charge in [0, 0.05) is 11.2 Å². The molecule has 2 nitrogen and oxygen atoms in total. The highest BCUT2D eigenvalue weighted by atomic mass is 15.0. The number of anilines is 1. The lowest BCUT2D eigenvalue weighted by atomic mass is 9.75. The highest BCUT2D eigenvalue weighted by Crippen LogP contribution is 2.34. The Balaban J connectivity index is 1.71. The van der Waals surface area contributed by atoms with Crippen LogP contribution in [0.1, 0.15) is 44.6 Å². The lowest BCUT2D eigenvalue weighted by Crippen LogP contribution is -2.50. The third kappa shape index (κ3) is 3.01. The van der Waals surface area contributed by atoms with Crippen LogP contribution in [0.3, 0.4) is 0 Å². The summed E-state index contributed by atoms with van der Waals surface area (Å²) in [5.41, 5.74) is 8.62. The molecule has 0 aromatic heterocycles. The Morgan fingerprint density at radius 3 is 2.65 bits per heavy atom. The molecular formula is C15H24N2. The molecule has 1 aromatic carbocycles. The number of para-hydroxylation sites is 1. The Hall–Kier alpha value is -1.02. The molecule has 1 aliphatic rings. The summed E-state index contributed by atoms with van der Waals surface area (Å²) in [6.45, 7) is 3.41. The lowest BCUT2D eigenvalue weighted by molar-refractivity contribution is 0.177. The third-order valence-corrected chi connectivity index (χ3v) is 4.17. The highest BCUT2D eigenvalue weighted by Gasteiger charge is 2.33. The van der Waals surface area contributed by atoms with Crippen molar-refractivity contribution in [1.29, 1.82) is 0 Å². The van der Waals surface area contributed by atoms with Crippen LogP contribution in [0.15, 0.2) is 24.3 Å². The zero-order valence-corrected chi connectivity index (χ0v) is 10.8. The van der Waals surface area contributed by atoms with Crippen molar-refractivity contribution >= 4 is 5.69 Å². The second-order valence-corrected chi connectivity index (χ2v) is 5.22. The largest absolute Gasteiger partial charge is 0.399 e. The number of hydrogen-bond donors (Lipinski definition) is 2. The van der Waals surface area contributed by atoms with Gasteiger partial charge in [0.2, 0.25) is 0 Å². The monoisotopic (exact) mass is 232 g/mol. The van der Waals surface area contributed by atoms with E-state index < -0.39 is 0 Å². The maximum atomic E-state index is 5.93. The summed E-state index contributed by atoms with van der Waals surface area (Å²) in [7, 11) is 0. The Morgan fingerprint density at radius 2 is 2.06 bits per heavy atom. The molecule has 0 atom stereocenters. The minimum Gasteiger partial charge on any atom is -0.399 e. The van der Waals surface area contributed by atoms with Crippen LogP contribution in [0.4, 0.5) is 5.69 Å². The van der Waals surface area contributed by atoms with Crippen LogP contribution in [0.25, 0.3) is 0 Å². The third-order valence-electron chi connectivity index (χ3n) is 4.17. The number of hydrogen-bond acceptors (Lipinski definition) is 2. The van der Waals surface area contributed by atoms with Crippen molar-refractivity contribution in [2.24, 2.45) is 0 Å². The first kappa shape index (κ1) is 12.4. The predicted molar refractivity (Wildman–Crippen MR) is 74.1 cm³/mol. The fourth-order valence-electron chi connectivity index (χ4n) is 2.65. The summed E-state index contributed by atoms with van der Waals surface area (Å²) in [5.74, 6) is 0. The molecule has 0 radical (unpaired) electrons. The SMILES string of the molecule is CCC1(NCCCc2ccccc2N)CCC1. The number of rotatable bonds is 6. The number of nitrogen functional groups attached to an aromatic ring is 1. The van der Waals surface area contributed by atoms with Crippen LogP contribution in [0.2, 0.25) is 0 Å². The Morgan fingerprint density at radius 1 is 1.29 bits per heavy atom.